The first-order valence-corrected chi connectivity index (χ1v) is 7.12. The van der Waals surface area contributed by atoms with Gasteiger partial charge in [0.05, 0.1) is 5.60 Å². The molecular formula is C16H28N2O. The number of hydrogen-bond acceptors (Lipinski definition) is 3. The molecule has 1 aromatic carbocycles. The molecule has 0 fully saturated rings. The lowest BCUT2D eigenvalue weighted by atomic mass is 9.95. The van der Waals surface area contributed by atoms with E-state index >= 15 is 0 Å². The lowest BCUT2D eigenvalue weighted by Gasteiger charge is -2.27. The van der Waals surface area contributed by atoms with Crippen LogP contribution in [0.25, 0.3) is 0 Å². The van der Waals surface area contributed by atoms with Crippen molar-refractivity contribution in [2.75, 3.05) is 25.0 Å². The summed E-state index contributed by atoms with van der Waals surface area (Å²) in [7, 11) is 2.10. The second kappa shape index (κ2) is 6.92. The molecule has 0 spiro atoms. The smallest absolute Gasteiger partial charge is 0.0767 e. The summed E-state index contributed by atoms with van der Waals surface area (Å²) >= 11 is 0. The lowest BCUT2D eigenvalue weighted by Crippen LogP contribution is -2.37. The zero-order chi connectivity index (χ0) is 14.5. The standard InChI is InChI=1S/C16H28N2O/c1-5-16(19,12-17)7-6-8-18(4)15-10-13(2)9-14(3)11-15/h9-11,19H,5-8,12,17H2,1-4H3. The van der Waals surface area contributed by atoms with E-state index in [9.17, 15) is 5.11 Å². The monoisotopic (exact) mass is 264 g/mol. The Morgan fingerprint density at radius 1 is 1.21 bits per heavy atom. The van der Waals surface area contributed by atoms with Crippen molar-refractivity contribution in [1.82, 2.24) is 0 Å². The van der Waals surface area contributed by atoms with Crippen LogP contribution in [0.4, 0.5) is 5.69 Å². The van der Waals surface area contributed by atoms with E-state index in [1.54, 1.807) is 0 Å². The molecule has 0 heterocycles. The Balaban J connectivity index is 2.53. The van der Waals surface area contributed by atoms with Crippen LogP contribution in [-0.2, 0) is 0 Å². The highest BCUT2D eigenvalue weighted by atomic mass is 16.3. The highest BCUT2D eigenvalue weighted by Crippen LogP contribution is 2.20. The van der Waals surface area contributed by atoms with E-state index < -0.39 is 5.60 Å². The van der Waals surface area contributed by atoms with Crippen LogP contribution in [0.1, 0.15) is 37.3 Å². The Kier molecular flexibility index (Phi) is 5.83. The summed E-state index contributed by atoms with van der Waals surface area (Å²) < 4.78 is 0. The Hall–Kier alpha value is -1.06. The lowest BCUT2D eigenvalue weighted by molar-refractivity contribution is 0.0350. The van der Waals surface area contributed by atoms with Gasteiger partial charge in [-0.25, -0.2) is 0 Å². The molecule has 0 saturated carbocycles. The van der Waals surface area contributed by atoms with E-state index in [0.717, 1.165) is 25.8 Å². The third-order valence-electron chi connectivity index (χ3n) is 3.82. The highest BCUT2D eigenvalue weighted by molar-refractivity contribution is 5.50. The maximum absolute atomic E-state index is 10.2. The van der Waals surface area contributed by atoms with Crippen molar-refractivity contribution < 1.29 is 5.11 Å². The van der Waals surface area contributed by atoms with Gasteiger partial charge in [0, 0.05) is 25.8 Å². The third kappa shape index (κ3) is 4.84. The normalized spacial score (nSPS) is 14.2. The largest absolute Gasteiger partial charge is 0.389 e. The van der Waals surface area contributed by atoms with E-state index in [0.29, 0.717) is 6.54 Å². The summed E-state index contributed by atoms with van der Waals surface area (Å²) in [4.78, 5) is 2.24. The van der Waals surface area contributed by atoms with Gasteiger partial charge in [-0.3, -0.25) is 0 Å². The summed E-state index contributed by atoms with van der Waals surface area (Å²) in [6.45, 7) is 7.51. The van der Waals surface area contributed by atoms with Crippen LogP contribution in [0, 0.1) is 13.8 Å². The van der Waals surface area contributed by atoms with Crippen LogP contribution in [0.5, 0.6) is 0 Å². The van der Waals surface area contributed by atoms with Crippen molar-refractivity contribution in [3.63, 3.8) is 0 Å². The first kappa shape index (κ1) is 16.0. The molecule has 3 nitrogen and oxygen atoms in total. The van der Waals surface area contributed by atoms with Gasteiger partial charge in [-0.2, -0.15) is 0 Å². The highest BCUT2D eigenvalue weighted by Gasteiger charge is 2.21. The number of nitrogens with zero attached hydrogens (tertiary/aromatic N) is 1. The van der Waals surface area contributed by atoms with Crippen molar-refractivity contribution in [3.8, 4) is 0 Å². The Labute approximate surface area is 117 Å². The zero-order valence-corrected chi connectivity index (χ0v) is 12.7. The van der Waals surface area contributed by atoms with Crippen molar-refractivity contribution in [1.29, 1.82) is 0 Å². The van der Waals surface area contributed by atoms with Crippen LogP contribution >= 0.6 is 0 Å². The topological polar surface area (TPSA) is 49.5 Å². The van der Waals surface area contributed by atoms with Crippen molar-refractivity contribution in [2.45, 2.75) is 45.6 Å². The molecule has 3 N–H and O–H groups in total. The molecule has 0 radical (unpaired) electrons. The fourth-order valence-corrected chi connectivity index (χ4v) is 2.37. The maximum atomic E-state index is 10.2. The van der Waals surface area contributed by atoms with Crippen molar-refractivity contribution in [3.05, 3.63) is 29.3 Å². The van der Waals surface area contributed by atoms with Crippen LogP contribution in [0.2, 0.25) is 0 Å². The molecule has 0 bridgehead atoms. The predicted molar refractivity (Wildman–Crippen MR) is 82.7 cm³/mol. The van der Waals surface area contributed by atoms with E-state index in [1.165, 1.54) is 16.8 Å². The van der Waals surface area contributed by atoms with Gasteiger partial charge in [-0.05, 0) is 56.4 Å². The van der Waals surface area contributed by atoms with Gasteiger partial charge >= 0.3 is 0 Å². The fraction of sp³-hybridized carbons (Fsp3) is 0.625. The van der Waals surface area contributed by atoms with Crippen LogP contribution < -0.4 is 10.6 Å². The van der Waals surface area contributed by atoms with Gasteiger partial charge in [0.15, 0.2) is 0 Å². The van der Waals surface area contributed by atoms with Gasteiger partial charge in [0.25, 0.3) is 0 Å². The minimum absolute atomic E-state index is 0.344. The van der Waals surface area contributed by atoms with Gasteiger partial charge in [0.2, 0.25) is 0 Å². The molecular weight excluding hydrogens is 236 g/mol. The van der Waals surface area contributed by atoms with Crippen molar-refractivity contribution in [2.24, 2.45) is 5.73 Å². The number of aryl methyl sites for hydroxylation is 2. The molecule has 1 unspecified atom stereocenters. The second-order valence-electron chi connectivity index (χ2n) is 5.65. The third-order valence-corrected chi connectivity index (χ3v) is 3.82. The van der Waals surface area contributed by atoms with E-state index in [2.05, 4.69) is 44.0 Å². The predicted octanol–water partition coefficient (Wildman–Crippen LogP) is 2.62. The minimum Gasteiger partial charge on any atom is -0.389 e. The molecule has 0 aromatic heterocycles. The zero-order valence-electron chi connectivity index (χ0n) is 12.7. The van der Waals surface area contributed by atoms with Crippen molar-refractivity contribution >= 4 is 5.69 Å². The number of aliphatic hydroxyl groups is 1. The van der Waals surface area contributed by atoms with Gasteiger partial charge < -0.3 is 15.7 Å². The molecule has 108 valence electrons. The number of hydrogen-bond donors (Lipinski definition) is 2. The summed E-state index contributed by atoms with van der Waals surface area (Å²) in [6.07, 6.45) is 2.43. The average molecular weight is 264 g/mol. The SMILES string of the molecule is CCC(O)(CN)CCCN(C)c1cc(C)cc(C)c1. The molecule has 0 aliphatic heterocycles. The minimum atomic E-state index is -0.691. The summed E-state index contributed by atoms with van der Waals surface area (Å²) in [6, 6.07) is 6.57. The van der Waals surface area contributed by atoms with E-state index in [4.69, 9.17) is 5.73 Å². The van der Waals surface area contributed by atoms with Crippen LogP contribution in [-0.4, -0.2) is 30.8 Å². The molecule has 0 aliphatic rings. The van der Waals surface area contributed by atoms with Crippen LogP contribution in [0.3, 0.4) is 0 Å². The van der Waals surface area contributed by atoms with Crippen LogP contribution in [0.15, 0.2) is 18.2 Å². The second-order valence-corrected chi connectivity index (χ2v) is 5.65. The number of rotatable bonds is 7. The Bertz CT molecular complexity index is 379. The molecule has 0 aliphatic carbocycles. The molecule has 3 heteroatoms. The van der Waals surface area contributed by atoms with E-state index in [-0.39, 0.29) is 0 Å². The summed E-state index contributed by atoms with van der Waals surface area (Å²) in [5.41, 5.74) is 8.74. The first-order valence-electron chi connectivity index (χ1n) is 7.12. The number of benzene rings is 1. The fourth-order valence-electron chi connectivity index (χ4n) is 2.37. The first-order chi connectivity index (χ1) is 8.90. The quantitative estimate of drug-likeness (QED) is 0.796. The molecule has 1 aromatic rings. The number of nitrogens with two attached hydrogens (primary N) is 1. The van der Waals surface area contributed by atoms with Gasteiger partial charge in [0.1, 0.15) is 0 Å². The molecule has 1 rings (SSSR count). The maximum Gasteiger partial charge on any atom is 0.0767 e. The molecule has 19 heavy (non-hydrogen) atoms. The number of anilines is 1. The molecule has 1 atom stereocenters. The summed E-state index contributed by atoms with van der Waals surface area (Å²) in [5.74, 6) is 0. The Morgan fingerprint density at radius 2 is 1.79 bits per heavy atom. The summed E-state index contributed by atoms with van der Waals surface area (Å²) in [5, 5.41) is 10.2. The van der Waals surface area contributed by atoms with E-state index in [1.807, 2.05) is 6.92 Å². The van der Waals surface area contributed by atoms with Gasteiger partial charge in [-0.1, -0.05) is 13.0 Å². The van der Waals surface area contributed by atoms with Gasteiger partial charge in [-0.15, -0.1) is 0 Å². The average Bonchev–Trinajstić information content (AvgIpc) is 2.37. The Morgan fingerprint density at radius 3 is 2.26 bits per heavy atom. The molecule has 0 saturated heterocycles. The molecule has 0 amide bonds.